The minimum absolute atomic E-state index is 0.0104. The number of unbranched alkanes of at least 4 members (excludes halogenated alkanes) is 3. The Balaban J connectivity index is 1.69. The average Bonchev–Trinajstić information content (AvgIpc) is 2.87. The summed E-state index contributed by atoms with van der Waals surface area (Å²) in [4.78, 5) is 29.7. The van der Waals surface area contributed by atoms with Crippen molar-refractivity contribution in [1.82, 2.24) is 10.3 Å². The lowest BCUT2D eigenvalue weighted by Gasteiger charge is -2.34. The van der Waals surface area contributed by atoms with Crippen LogP contribution >= 0.6 is 0 Å². The van der Waals surface area contributed by atoms with Gasteiger partial charge in [-0.1, -0.05) is 18.9 Å². The van der Waals surface area contributed by atoms with E-state index in [2.05, 4.69) is 10.2 Å². The molecule has 1 fully saturated rings. The third kappa shape index (κ3) is 9.74. The molecule has 0 bridgehead atoms. The van der Waals surface area contributed by atoms with Gasteiger partial charge in [-0.2, -0.15) is 5.26 Å². The quantitative estimate of drug-likeness (QED) is 0.350. The third-order valence-corrected chi connectivity index (χ3v) is 6.26. The smallest absolute Gasteiger partial charge is 0.407 e. The number of halogens is 1. The van der Waals surface area contributed by atoms with Crippen LogP contribution in [0.5, 0.6) is 5.75 Å². The number of nitriles is 1. The van der Waals surface area contributed by atoms with Crippen LogP contribution in [0.15, 0.2) is 30.3 Å². The molecule has 1 aromatic carbocycles. The number of carboxylic acids is 1. The molecule has 1 aliphatic rings. The van der Waals surface area contributed by atoms with E-state index in [4.69, 9.17) is 24.8 Å². The van der Waals surface area contributed by atoms with E-state index in [1.165, 1.54) is 12.1 Å². The van der Waals surface area contributed by atoms with Crippen molar-refractivity contribution in [2.45, 2.75) is 77.4 Å². The van der Waals surface area contributed by atoms with Gasteiger partial charge in [0, 0.05) is 43.2 Å². The Hall–Kier alpha value is -3.87. The molecule has 1 amide bonds. The van der Waals surface area contributed by atoms with Crippen molar-refractivity contribution in [2.75, 3.05) is 24.6 Å². The third-order valence-electron chi connectivity index (χ3n) is 6.26. The van der Waals surface area contributed by atoms with E-state index in [1.807, 2.05) is 32.9 Å². The van der Waals surface area contributed by atoms with E-state index in [0.717, 1.165) is 19.3 Å². The highest BCUT2D eigenvalue weighted by Crippen LogP contribution is 2.30. The number of anilines is 1. The van der Waals surface area contributed by atoms with Gasteiger partial charge in [0.2, 0.25) is 0 Å². The van der Waals surface area contributed by atoms with Gasteiger partial charge in [-0.05, 0) is 58.6 Å². The average molecular weight is 541 g/mol. The van der Waals surface area contributed by atoms with Crippen molar-refractivity contribution < 1.29 is 28.6 Å². The summed E-state index contributed by atoms with van der Waals surface area (Å²) in [6.45, 7) is 7.25. The normalized spacial score (nSPS) is 14.0. The highest BCUT2D eigenvalue weighted by atomic mass is 19.1. The van der Waals surface area contributed by atoms with E-state index < -0.39 is 23.5 Å². The number of pyridine rings is 1. The Morgan fingerprint density at radius 2 is 1.87 bits per heavy atom. The predicted molar refractivity (Wildman–Crippen MR) is 145 cm³/mol. The molecule has 39 heavy (non-hydrogen) atoms. The van der Waals surface area contributed by atoms with Crippen LogP contribution in [0.3, 0.4) is 0 Å². The summed E-state index contributed by atoms with van der Waals surface area (Å²) < 4.78 is 25.8. The molecular weight excluding hydrogens is 503 g/mol. The molecule has 0 saturated carbocycles. The second-order valence-electron chi connectivity index (χ2n) is 10.7. The van der Waals surface area contributed by atoms with Crippen molar-refractivity contribution in [1.29, 1.82) is 5.26 Å². The fourth-order valence-corrected chi connectivity index (χ4v) is 4.30. The van der Waals surface area contributed by atoms with Gasteiger partial charge < -0.3 is 24.8 Å². The van der Waals surface area contributed by atoms with E-state index in [9.17, 15) is 14.0 Å². The van der Waals surface area contributed by atoms with E-state index in [0.29, 0.717) is 61.8 Å². The SMILES string of the molecule is CC(C)(C)OC(=O)NC1CCN(c2cc(OCCCCCCC(=O)O)cc(-c3ccc(C#N)c(F)c3)n2)CC1. The van der Waals surface area contributed by atoms with Gasteiger partial charge in [-0.15, -0.1) is 0 Å². The number of rotatable bonds is 11. The highest BCUT2D eigenvalue weighted by Gasteiger charge is 2.25. The first-order chi connectivity index (χ1) is 18.5. The Bertz CT molecular complexity index is 1180. The molecule has 1 aliphatic heterocycles. The number of hydrogen-bond donors (Lipinski definition) is 2. The molecule has 3 rings (SSSR count). The summed E-state index contributed by atoms with van der Waals surface area (Å²) in [7, 11) is 0. The summed E-state index contributed by atoms with van der Waals surface area (Å²) in [5.41, 5.74) is 0.470. The minimum Gasteiger partial charge on any atom is -0.493 e. The molecule has 0 aliphatic carbocycles. The van der Waals surface area contributed by atoms with Crippen LogP contribution < -0.4 is 15.0 Å². The van der Waals surface area contributed by atoms with Gasteiger partial charge in [0.25, 0.3) is 0 Å². The number of nitrogens with zero attached hydrogens (tertiary/aromatic N) is 3. The maximum atomic E-state index is 14.4. The van der Waals surface area contributed by atoms with Crippen molar-refractivity contribution in [2.24, 2.45) is 0 Å². The monoisotopic (exact) mass is 540 g/mol. The first-order valence-electron chi connectivity index (χ1n) is 13.4. The lowest BCUT2D eigenvalue weighted by atomic mass is 10.0. The van der Waals surface area contributed by atoms with Crippen LogP contribution in [0, 0.1) is 17.1 Å². The van der Waals surface area contributed by atoms with Gasteiger partial charge in [0.1, 0.15) is 29.1 Å². The number of carbonyl (C=O) groups excluding carboxylic acids is 1. The van der Waals surface area contributed by atoms with Crippen LogP contribution in [0.1, 0.15) is 71.3 Å². The maximum absolute atomic E-state index is 14.4. The number of aliphatic carboxylic acids is 1. The van der Waals surface area contributed by atoms with Crippen molar-refractivity contribution in [3.05, 3.63) is 41.7 Å². The number of nitrogens with one attached hydrogen (secondary N) is 1. The van der Waals surface area contributed by atoms with Crippen LogP contribution in [-0.2, 0) is 9.53 Å². The largest absolute Gasteiger partial charge is 0.493 e. The molecule has 1 aromatic heterocycles. The number of carbonyl (C=O) groups is 2. The Morgan fingerprint density at radius 3 is 2.51 bits per heavy atom. The molecule has 0 radical (unpaired) electrons. The summed E-state index contributed by atoms with van der Waals surface area (Å²) in [5, 5.41) is 20.8. The molecule has 1 saturated heterocycles. The standard InChI is InChI=1S/C29H37FN4O5/c1-29(2,3)39-28(37)32-22-11-13-34(14-12-22)26-18-23(38-15-7-5-4-6-8-27(35)36)17-25(33-26)20-9-10-21(19-31)24(30)16-20/h9-10,16-18,22H,4-8,11-15H2,1-3H3,(H,32,37)(H,35,36). The lowest BCUT2D eigenvalue weighted by molar-refractivity contribution is -0.137. The zero-order valence-corrected chi connectivity index (χ0v) is 22.8. The van der Waals surface area contributed by atoms with Crippen molar-refractivity contribution in [3.8, 4) is 23.1 Å². The molecular formula is C29H37FN4O5. The highest BCUT2D eigenvalue weighted by molar-refractivity contribution is 5.68. The number of ether oxygens (including phenoxy) is 2. The molecule has 2 aromatic rings. The summed E-state index contributed by atoms with van der Waals surface area (Å²) in [6.07, 6.45) is 4.26. The number of amides is 1. The number of benzene rings is 1. The molecule has 0 atom stereocenters. The second-order valence-corrected chi connectivity index (χ2v) is 10.7. The van der Waals surface area contributed by atoms with E-state index >= 15 is 0 Å². The number of piperidine rings is 1. The Kier molecular flexibility index (Phi) is 10.5. The van der Waals surface area contributed by atoms with Crippen LogP contribution in [0.2, 0.25) is 0 Å². The Morgan fingerprint density at radius 1 is 1.15 bits per heavy atom. The predicted octanol–water partition coefficient (Wildman–Crippen LogP) is 5.67. The summed E-state index contributed by atoms with van der Waals surface area (Å²) in [5.74, 6) is -0.115. The fraction of sp³-hybridized carbons (Fsp3) is 0.517. The van der Waals surface area contributed by atoms with Crippen LogP contribution in [-0.4, -0.2) is 53.5 Å². The first kappa shape index (κ1) is 29.7. The van der Waals surface area contributed by atoms with Gasteiger partial charge in [-0.3, -0.25) is 4.79 Å². The summed E-state index contributed by atoms with van der Waals surface area (Å²) in [6, 6.07) is 9.83. The van der Waals surface area contributed by atoms with Crippen LogP contribution in [0.25, 0.3) is 11.3 Å². The van der Waals surface area contributed by atoms with Crippen LogP contribution in [0.4, 0.5) is 15.0 Å². The summed E-state index contributed by atoms with van der Waals surface area (Å²) >= 11 is 0. The van der Waals surface area contributed by atoms with E-state index in [1.54, 1.807) is 12.1 Å². The molecule has 10 heteroatoms. The number of aromatic nitrogens is 1. The second kappa shape index (κ2) is 13.8. The topological polar surface area (TPSA) is 125 Å². The molecule has 0 unspecified atom stereocenters. The molecule has 9 nitrogen and oxygen atoms in total. The fourth-order valence-electron chi connectivity index (χ4n) is 4.30. The number of carboxylic acid groups (broad SMARTS) is 1. The van der Waals surface area contributed by atoms with Crippen molar-refractivity contribution in [3.63, 3.8) is 0 Å². The van der Waals surface area contributed by atoms with Gasteiger partial charge in [-0.25, -0.2) is 14.2 Å². The molecule has 2 heterocycles. The zero-order valence-electron chi connectivity index (χ0n) is 22.8. The first-order valence-corrected chi connectivity index (χ1v) is 13.4. The van der Waals surface area contributed by atoms with Gasteiger partial charge >= 0.3 is 12.1 Å². The maximum Gasteiger partial charge on any atom is 0.407 e. The number of alkyl carbamates (subject to hydrolysis) is 1. The molecule has 0 spiro atoms. The van der Waals surface area contributed by atoms with E-state index in [-0.39, 0.29) is 18.0 Å². The zero-order chi connectivity index (χ0) is 28.4. The van der Waals surface area contributed by atoms with Crippen molar-refractivity contribution >= 4 is 17.9 Å². The lowest BCUT2D eigenvalue weighted by Crippen LogP contribution is -2.46. The minimum atomic E-state index is -0.785. The number of hydrogen-bond acceptors (Lipinski definition) is 7. The molecule has 2 N–H and O–H groups in total. The van der Waals surface area contributed by atoms with Gasteiger partial charge in [0.05, 0.1) is 17.9 Å². The van der Waals surface area contributed by atoms with Gasteiger partial charge in [0.15, 0.2) is 0 Å². The Labute approximate surface area is 228 Å². The molecule has 210 valence electrons.